The van der Waals surface area contributed by atoms with Gasteiger partial charge in [0.05, 0.1) is 14.9 Å². The second-order valence-electron chi connectivity index (χ2n) is 6.73. The third kappa shape index (κ3) is 4.52. The molecule has 1 saturated heterocycles. The molecule has 0 amide bonds. The molecule has 1 fully saturated rings. The van der Waals surface area contributed by atoms with Crippen molar-refractivity contribution in [2.45, 2.75) is 4.90 Å². The van der Waals surface area contributed by atoms with Crippen LogP contribution in [0.25, 0.3) is 0 Å². The summed E-state index contributed by atoms with van der Waals surface area (Å²) in [6, 6.07) is 17.8. The van der Waals surface area contributed by atoms with E-state index < -0.39 is 10.0 Å². The average Bonchev–Trinajstić information content (AvgIpc) is 2.77. The Hall–Kier alpha value is -2.39. The summed E-state index contributed by atoms with van der Waals surface area (Å²) >= 11 is 11.9. The van der Waals surface area contributed by atoms with Gasteiger partial charge in [0.2, 0.25) is 10.0 Å². The number of anilines is 3. The lowest BCUT2D eigenvalue weighted by molar-refractivity contribution is 0.383. The molecule has 1 aromatic heterocycles. The van der Waals surface area contributed by atoms with Crippen LogP contribution in [0.3, 0.4) is 0 Å². The van der Waals surface area contributed by atoms with Crippen molar-refractivity contribution in [2.24, 2.45) is 0 Å². The van der Waals surface area contributed by atoms with Crippen molar-refractivity contribution in [1.82, 2.24) is 14.5 Å². The maximum absolute atomic E-state index is 12.9. The van der Waals surface area contributed by atoms with E-state index in [4.69, 9.17) is 23.2 Å². The molecule has 0 radical (unpaired) electrons. The van der Waals surface area contributed by atoms with Gasteiger partial charge < -0.3 is 10.2 Å². The van der Waals surface area contributed by atoms with Crippen LogP contribution >= 0.6 is 23.2 Å². The number of nitrogens with zero attached hydrogens (tertiary/aromatic N) is 4. The molecule has 2 heterocycles. The van der Waals surface area contributed by atoms with E-state index in [1.807, 2.05) is 47.4 Å². The zero-order chi connectivity index (χ0) is 21.1. The number of piperazine rings is 1. The molecule has 0 unspecified atom stereocenters. The molecule has 2 aromatic carbocycles. The number of hydrogen-bond acceptors (Lipinski definition) is 6. The minimum absolute atomic E-state index is 0.140. The highest BCUT2D eigenvalue weighted by Crippen LogP contribution is 2.27. The van der Waals surface area contributed by atoms with Gasteiger partial charge in [-0.1, -0.05) is 41.4 Å². The Kier molecular flexibility index (Phi) is 6.10. The fraction of sp³-hybridized carbons (Fsp3) is 0.200. The fourth-order valence-corrected chi connectivity index (χ4v) is 4.99. The number of para-hydroxylation sites is 1. The van der Waals surface area contributed by atoms with Gasteiger partial charge in [0.15, 0.2) is 11.6 Å². The van der Waals surface area contributed by atoms with Gasteiger partial charge in [-0.25, -0.2) is 8.42 Å². The minimum atomic E-state index is -3.63. The molecule has 1 N–H and O–H groups in total. The van der Waals surface area contributed by atoms with Crippen molar-refractivity contribution in [1.29, 1.82) is 0 Å². The predicted octanol–water partition coefficient (Wildman–Crippen LogP) is 4.04. The minimum Gasteiger partial charge on any atom is -0.352 e. The molecular formula is C20H19Cl2N5O2S. The van der Waals surface area contributed by atoms with Gasteiger partial charge in [0.1, 0.15) is 0 Å². The fourth-order valence-electron chi connectivity index (χ4n) is 3.17. The van der Waals surface area contributed by atoms with Crippen molar-refractivity contribution >= 4 is 50.5 Å². The van der Waals surface area contributed by atoms with E-state index in [1.165, 1.54) is 22.5 Å². The first-order chi connectivity index (χ1) is 14.4. The van der Waals surface area contributed by atoms with Crippen molar-refractivity contribution in [3.05, 3.63) is 70.7 Å². The summed E-state index contributed by atoms with van der Waals surface area (Å²) in [4.78, 5) is 2.15. The molecule has 3 aromatic rings. The molecule has 7 nitrogen and oxygen atoms in total. The van der Waals surface area contributed by atoms with Crippen LogP contribution in [0.15, 0.2) is 65.6 Å². The maximum atomic E-state index is 12.9. The Morgan fingerprint density at radius 2 is 1.57 bits per heavy atom. The van der Waals surface area contributed by atoms with E-state index in [0.29, 0.717) is 42.8 Å². The van der Waals surface area contributed by atoms with Gasteiger partial charge in [-0.2, -0.15) is 4.31 Å². The summed E-state index contributed by atoms with van der Waals surface area (Å²) in [7, 11) is -3.63. The normalized spacial score (nSPS) is 15.2. The molecule has 0 spiro atoms. The molecule has 156 valence electrons. The van der Waals surface area contributed by atoms with Crippen LogP contribution in [0.5, 0.6) is 0 Å². The van der Waals surface area contributed by atoms with Gasteiger partial charge in [0.25, 0.3) is 0 Å². The Bertz CT molecular complexity index is 1120. The van der Waals surface area contributed by atoms with E-state index in [1.54, 1.807) is 0 Å². The van der Waals surface area contributed by atoms with E-state index in [9.17, 15) is 8.42 Å². The third-order valence-electron chi connectivity index (χ3n) is 4.79. The Morgan fingerprint density at radius 3 is 2.20 bits per heavy atom. The van der Waals surface area contributed by atoms with Gasteiger partial charge >= 0.3 is 0 Å². The molecule has 0 aliphatic carbocycles. The van der Waals surface area contributed by atoms with Crippen molar-refractivity contribution in [3.63, 3.8) is 0 Å². The molecule has 0 saturated carbocycles. The van der Waals surface area contributed by atoms with Crippen LogP contribution in [0.4, 0.5) is 17.3 Å². The van der Waals surface area contributed by atoms with E-state index in [-0.39, 0.29) is 9.92 Å². The lowest BCUT2D eigenvalue weighted by atomic mass is 10.3. The summed E-state index contributed by atoms with van der Waals surface area (Å²) in [6.07, 6.45) is 0. The monoisotopic (exact) mass is 463 g/mol. The summed E-state index contributed by atoms with van der Waals surface area (Å²) in [5.41, 5.74) is 0.931. The van der Waals surface area contributed by atoms with Crippen LogP contribution < -0.4 is 10.2 Å². The lowest BCUT2D eigenvalue weighted by Crippen LogP contribution is -2.49. The predicted molar refractivity (Wildman–Crippen MR) is 119 cm³/mol. The van der Waals surface area contributed by atoms with E-state index >= 15 is 0 Å². The first kappa shape index (κ1) is 20.9. The summed E-state index contributed by atoms with van der Waals surface area (Å²) in [5, 5.41) is 12.2. The van der Waals surface area contributed by atoms with Crippen LogP contribution in [-0.4, -0.2) is 49.1 Å². The smallest absolute Gasteiger partial charge is 0.243 e. The lowest BCUT2D eigenvalue weighted by Gasteiger charge is -2.34. The first-order valence-electron chi connectivity index (χ1n) is 9.29. The number of benzene rings is 2. The van der Waals surface area contributed by atoms with Gasteiger partial charge in [-0.3, -0.25) is 0 Å². The Balaban J connectivity index is 1.40. The number of aromatic nitrogens is 2. The molecule has 10 heteroatoms. The molecule has 0 atom stereocenters. The molecule has 4 rings (SSSR count). The molecule has 0 bridgehead atoms. The molecule has 30 heavy (non-hydrogen) atoms. The highest BCUT2D eigenvalue weighted by molar-refractivity contribution is 7.89. The van der Waals surface area contributed by atoms with E-state index in [0.717, 1.165) is 5.69 Å². The topological polar surface area (TPSA) is 78.4 Å². The highest BCUT2D eigenvalue weighted by Gasteiger charge is 2.29. The number of hydrogen-bond donors (Lipinski definition) is 1. The highest BCUT2D eigenvalue weighted by atomic mass is 35.5. The SMILES string of the molecule is O=S(=O)(c1ccc(Cl)c(Cl)c1)N1CCN(c2ccc(Nc3ccccc3)nn2)CC1. The second kappa shape index (κ2) is 8.77. The largest absolute Gasteiger partial charge is 0.352 e. The number of sulfonamides is 1. The first-order valence-corrected chi connectivity index (χ1v) is 11.5. The average molecular weight is 464 g/mol. The van der Waals surface area contributed by atoms with Crippen LogP contribution in [-0.2, 0) is 10.0 Å². The third-order valence-corrected chi connectivity index (χ3v) is 7.42. The van der Waals surface area contributed by atoms with Crippen LogP contribution in [0.1, 0.15) is 0 Å². The maximum Gasteiger partial charge on any atom is 0.243 e. The number of halogens is 2. The van der Waals surface area contributed by atoms with Crippen molar-refractivity contribution in [2.75, 3.05) is 36.4 Å². The molecular weight excluding hydrogens is 445 g/mol. The Morgan fingerprint density at radius 1 is 0.833 bits per heavy atom. The van der Waals surface area contributed by atoms with Crippen molar-refractivity contribution in [3.8, 4) is 0 Å². The van der Waals surface area contributed by atoms with Crippen molar-refractivity contribution < 1.29 is 8.42 Å². The number of nitrogens with one attached hydrogen (secondary N) is 1. The Labute approximate surface area is 185 Å². The standard InChI is InChI=1S/C20H19Cl2N5O2S/c21-17-7-6-16(14-18(17)22)30(28,29)27-12-10-26(11-13-27)20-9-8-19(24-25-20)23-15-4-2-1-3-5-15/h1-9,14H,10-13H2,(H,23,24). The van der Waals surface area contributed by atoms with E-state index in [2.05, 4.69) is 15.5 Å². The van der Waals surface area contributed by atoms with Gasteiger partial charge in [-0.05, 0) is 42.5 Å². The summed E-state index contributed by atoms with van der Waals surface area (Å²) in [6.45, 7) is 1.71. The quantitative estimate of drug-likeness (QED) is 0.614. The van der Waals surface area contributed by atoms with Gasteiger partial charge in [-0.15, -0.1) is 10.2 Å². The second-order valence-corrected chi connectivity index (χ2v) is 9.49. The molecule has 1 aliphatic heterocycles. The zero-order valence-electron chi connectivity index (χ0n) is 15.9. The van der Waals surface area contributed by atoms with Crippen LogP contribution in [0, 0.1) is 0 Å². The van der Waals surface area contributed by atoms with Crippen LogP contribution in [0.2, 0.25) is 10.0 Å². The summed E-state index contributed by atoms with van der Waals surface area (Å²) in [5.74, 6) is 1.35. The molecule has 1 aliphatic rings. The van der Waals surface area contributed by atoms with Gasteiger partial charge in [0, 0.05) is 31.9 Å². The summed E-state index contributed by atoms with van der Waals surface area (Å²) < 4.78 is 27.2. The number of rotatable bonds is 5. The zero-order valence-corrected chi connectivity index (χ0v) is 18.2.